The zero-order valence-corrected chi connectivity index (χ0v) is 12.1. The molecule has 1 heterocycles. The van der Waals surface area contributed by atoms with Gasteiger partial charge in [0, 0.05) is 6.54 Å². The van der Waals surface area contributed by atoms with Gasteiger partial charge in [-0.15, -0.1) is 0 Å². The number of aliphatic hydroxyl groups excluding tert-OH is 1. The van der Waals surface area contributed by atoms with Gasteiger partial charge in [-0.2, -0.15) is 4.98 Å². The first kappa shape index (κ1) is 14.7. The molecule has 2 N–H and O–H groups in total. The van der Waals surface area contributed by atoms with Gasteiger partial charge in [0.25, 0.3) is 0 Å². The van der Waals surface area contributed by atoms with Crippen LogP contribution in [-0.4, -0.2) is 21.8 Å². The first-order valence-electron chi connectivity index (χ1n) is 6.84. The van der Waals surface area contributed by atoms with Crippen molar-refractivity contribution >= 4 is 0 Å². The Labute approximate surface area is 119 Å². The Morgan fingerprint density at radius 2 is 1.95 bits per heavy atom. The summed E-state index contributed by atoms with van der Waals surface area (Å²) < 4.78 is 5.22. The summed E-state index contributed by atoms with van der Waals surface area (Å²) >= 11 is 0. The average Bonchev–Trinajstić information content (AvgIpc) is 2.86. The van der Waals surface area contributed by atoms with Gasteiger partial charge in [0.05, 0.1) is 12.1 Å². The molecule has 0 spiro atoms. The highest BCUT2D eigenvalue weighted by Crippen LogP contribution is 2.21. The van der Waals surface area contributed by atoms with Crippen LogP contribution in [0.25, 0.3) is 0 Å². The molecule has 1 aromatic heterocycles. The Morgan fingerprint density at radius 3 is 2.50 bits per heavy atom. The highest BCUT2D eigenvalue weighted by Gasteiger charge is 2.22. The first-order valence-corrected chi connectivity index (χ1v) is 6.84. The van der Waals surface area contributed by atoms with Gasteiger partial charge in [0.2, 0.25) is 5.89 Å². The van der Waals surface area contributed by atoms with E-state index in [0.717, 1.165) is 5.56 Å². The van der Waals surface area contributed by atoms with Crippen molar-refractivity contribution in [1.82, 2.24) is 15.5 Å². The molecule has 0 fully saturated rings. The van der Waals surface area contributed by atoms with Gasteiger partial charge in [0.15, 0.2) is 5.82 Å². The van der Waals surface area contributed by atoms with Gasteiger partial charge in [-0.1, -0.05) is 49.3 Å². The molecule has 2 atom stereocenters. The molecule has 0 aliphatic rings. The maximum absolute atomic E-state index is 10.2. The predicted molar refractivity (Wildman–Crippen MR) is 76.0 cm³/mol. The topological polar surface area (TPSA) is 71.2 Å². The lowest BCUT2D eigenvalue weighted by atomic mass is 10.0. The van der Waals surface area contributed by atoms with E-state index in [0.29, 0.717) is 18.3 Å². The van der Waals surface area contributed by atoms with Crippen LogP contribution in [0.1, 0.15) is 43.3 Å². The largest absolute Gasteiger partial charge is 0.387 e. The van der Waals surface area contributed by atoms with Crippen LogP contribution in [0.4, 0.5) is 0 Å². The van der Waals surface area contributed by atoms with E-state index in [-0.39, 0.29) is 12.0 Å². The van der Waals surface area contributed by atoms with Gasteiger partial charge in [0.1, 0.15) is 0 Å². The van der Waals surface area contributed by atoms with E-state index < -0.39 is 6.10 Å². The lowest BCUT2D eigenvalue weighted by Crippen LogP contribution is -2.30. The molecular formula is C15H21N3O2. The third-order valence-corrected chi connectivity index (χ3v) is 3.19. The summed E-state index contributed by atoms with van der Waals surface area (Å²) in [6.45, 7) is 6.38. The number of aliphatic hydroxyl groups is 1. The van der Waals surface area contributed by atoms with E-state index in [2.05, 4.69) is 29.3 Å². The van der Waals surface area contributed by atoms with Crippen LogP contribution in [0.5, 0.6) is 0 Å². The molecule has 1 aromatic carbocycles. The predicted octanol–water partition coefficient (Wildman–Crippen LogP) is 2.40. The minimum absolute atomic E-state index is 0.0606. The molecule has 0 radical (unpaired) electrons. The standard InChI is InChI=1S/C15H21N3O2/c1-10(2)14(15-17-11(3)18-20-15)16-9-13(19)12-7-5-4-6-8-12/h4-8,10,13-14,16,19H,9H2,1-3H3. The molecule has 0 aliphatic heterocycles. The van der Waals surface area contributed by atoms with Gasteiger partial charge in [-0.3, -0.25) is 0 Å². The molecule has 2 unspecified atom stereocenters. The van der Waals surface area contributed by atoms with E-state index >= 15 is 0 Å². The molecule has 0 amide bonds. The number of hydrogen-bond donors (Lipinski definition) is 2. The first-order chi connectivity index (χ1) is 9.58. The monoisotopic (exact) mass is 275 g/mol. The molecule has 108 valence electrons. The molecule has 0 saturated heterocycles. The lowest BCUT2D eigenvalue weighted by Gasteiger charge is -2.20. The van der Waals surface area contributed by atoms with Gasteiger partial charge in [-0.05, 0) is 18.4 Å². The molecule has 20 heavy (non-hydrogen) atoms. The van der Waals surface area contributed by atoms with Crippen molar-refractivity contribution in [3.8, 4) is 0 Å². The Morgan fingerprint density at radius 1 is 1.25 bits per heavy atom. The molecule has 0 aliphatic carbocycles. The van der Waals surface area contributed by atoms with Gasteiger partial charge in [-0.25, -0.2) is 0 Å². The lowest BCUT2D eigenvalue weighted by molar-refractivity contribution is 0.160. The smallest absolute Gasteiger partial charge is 0.244 e. The van der Waals surface area contributed by atoms with Crippen LogP contribution < -0.4 is 5.32 Å². The Hall–Kier alpha value is -1.72. The highest BCUT2D eigenvalue weighted by atomic mass is 16.5. The van der Waals surface area contributed by atoms with Crippen molar-refractivity contribution in [1.29, 1.82) is 0 Å². The van der Waals surface area contributed by atoms with Crippen molar-refractivity contribution in [3.63, 3.8) is 0 Å². The molecule has 0 saturated carbocycles. The fourth-order valence-corrected chi connectivity index (χ4v) is 2.08. The number of hydrogen-bond acceptors (Lipinski definition) is 5. The van der Waals surface area contributed by atoms with E-state index in [1.165, 1.54) is 0 Å². The van der Waals surface area contributed by atoms with Crippen LogP contribution in [0.2, 0.25) is 0 Å². The van der Waals surface area contributed by atoms with Gasteiger partial charge < -0.3 is 14.9 Å². The normalized spacial score (nSPS) is 14.4. The number of aromatic nitrogens is 2. The fourth-order valence-electron chi connectivity index (χ4n) is 2.08. The molecule has 2 rings (SSSR count). The van der Waals surface area contributed by atoms with Crippen molar-refractivity contribution in [3.05, 3.63) is 47.6 Å². The summed E-state index contributed by atoms with van der Waals surface area (Å²) in [5.41, 5.74) is 0.893. The molecule has 2 aromatic rings. The Bertz CT molecular complexity index is 525. The second kappa shape index (κ2) is 6.63. The highest BCUT2D eigenvalue weighted by molar-refractivity contribution is 5.17. The number of aryl methyl sites for hydroxylation is 1. The zero-order chi connectivity index (χ0) is 14.5. The van der Waals surface area contributed by atoms with Crippen molar-refractivity contribution in [2.24, 2.45) is 5.92 Å². The summed E-state index contributed by atoms with van der Waals surface area (Å²) in [4.78, 5) is 4.26. The van der Waals surface area contributed by atoms with Gasteiger partial charge >= 0.3 is 0 Å². The number of benzene rings is 1. The minimum atomic E-state index is -0.554. The van der Waals surface area contributed by atoms with Crippen LogP contribution in [0.15, 0.2) is 34.9 Å². The fraction of sp³-hybridized carbons (Fsp3) is 0.467. The minimum Gasteiger partial charge on any atom is -0.387 e. The number of rotatable bonds is 6. The molecular weight excluding hydrogens is 254 g/mol. The summed E-state index contributed by atoms with van der Waals surface area (Å²) in [6.07, 6.45) is -0.554. The van der Waals surface area contributed by atoms with E-state index in [1.54, 1.807) is 6.92 Å². The third-order valence-electron chi connectivity index (χ3n) is 3.19. The molecule has 0 bridgehead atoms. The van der Waals surface area contributed by atoms with Crippen molar-refractivity contribution in [2.45, 2.75) is 32.9 Å². The van der Waals surface area contributed by atoms with Crippen LogP contribution in [-0.2, 0) is 0 Å². The van der Waals surface area contributed by atoms with Crippen LogP contribution in [0.3, 0.4) is 0 Å². The summed E-state index contributed by atoms with van der Waals surface area (Å²) in [6, 6.07) is 9.53. The molecule has 5 heteroatoms. The van der Waals surface area contributed by atoms with Crippen LogP contribution >= 0.6 is 0 Å². The van der Waals surface area contributed by atoms with Crippen molar-refractivity contribution < 1.29 is 9.63 Å². The quantitative estimate of drug-likeness (QED) is 0.847. The van der Waals surface area contributed by atoms with E-state index in [9.17, 15) is 5.11 Å². The SMILES string of the molecule is Cc1noc(C(NCC(O)c2ccccc2)C(C)C)n1. The molecule has 5 nitrogen and oxygen atoms in total. The van der Waals surface area contributed by atoms with Crippen LogP contribution in [0, 0.1) is 12.8 Å². The van der Waals surface area contributed by atoms with E-state index in [4.69, 9.17) is 4.52 Å². The maximum atomic E-state index is 10.2. The average molecular weight is 275 g/mol. The number of nitrogens with one attached hydrogen (secondary N) is 1. The Balaban J connectivity index is 1.99. The van der Waals surface area contributed by atoms with E-state index in [1.807, 2.05) is 30.3 Å². The zero-order valence-electron chi connectivity index (χ0n) is 12.1. The summed E-state index contributed by atoms with van der Waals surface area (Å²) in [5, 5.41) is 17.3. The Kier molecular flexibility index (Phi) is 4.87. The number of nitrogens with zero attached hydrogens (tertiary/aromatic N) is 2. The summed E-state index contributed by atoms with van der Waals surface area (Å²) in [7, 11) is 0. The third kappa shape index (κ3) is 3.65. The van der Waals surface area contributed by atoms with Crippen molar-refractivity contribution in [2.75, 3.05) is 6.54 Å². The second-order valence-corrected chi connectivity index (χ2v) is 5.24. The summed E-state index contributed by atoms with van der Waals surface area (Å²) in [5.74, 6) is 1.48. The second-order valence-electron chi connectivity index (χ2n) is 5.24. The maximum Gasteiger partial charge on any atom is 0.244 e.